The van der Waals surface area contributed by atoms with E-state index < -0.39 is 0 Å². The maximum atomic E-state index is 2.29. The van der Waals surface area contributed by atoms with E-state index in [2.05, 4.69) is 36.5 Å². The Hall–Kier alpha value is -0.286. The van der Waals surface area contributed by atoms with Gasteiger partial charge in [-0.3, -0.25) is 0 Å². The Morgan fingerprint density at radius 3 is 0.692 bits per heavy atom. The summed E-state index contributed by atoms with van der Waals surface area (Å²) < 4.78 is 0. The summed E-state index contributed by atoms with van der Waals surface area (Å²) in [6, 6.07) is 0. The molecular weight excluding hydrogens is 203 g/mol. The average molecular weight is 221 g/mol. The van der Waals surface area contributed by atoms with Crippen molar-refractivity contribution in [2.45, 2.75) is 38.5 Å². The van der Waals surface area contributed by atoms with Crippen molar-refractivity contribution >= 4 is 0 Å². The minimum absolute atomic E-state index is 0. The van der Waals surface area contributed by atoms with Gasteiger partial charge >= 0.3 is 0 Å². The van der Waals surface area contributed by atoms with E-state index in [1.54, 1.807) is 0 Å². The second-order valence-corrected chi connectivity index (χ2v) is 3.15. The van der Waals surface area contributed by atoms with E-state index in [1.807, 2.05) is 0 Å². The van der Waals surface area contributed by atoms with Crippen LogP contribution in [0.4, 0.5) is 0 Å². The molecule has 76 valence electrons. The van der Waals surface area contributed by atoms with E-state index in [0.29, 0.717) is 0 Å². The molecule has 0 aliphatic heterocycles. The summed E-state index contributed by atoms with van der Waals surface area (Å²) in [5, 5.41) is 0. The number of hydrogen-bond acceptors (Lipinski definition) is 0. The molecule has 1 aliphatic carbocycles. The van der Waals surface area contributed by atoms with Gasteiger partial charge in [0.1, 0.15) is 0 Å². The first kappa shape index (κ1) is 12.7. The fourth-order valence-electron chi connectivity index (χ4n) is 1.28. The van der Waals surface area contributed by atoms with Gasteiger partial charge in [-0.05, 0) is 38.5 Å². The van der Waals surface area contributed by atoms with Crippen LogP contribution in [0.2, 0.25) is 0 Å². The van der Waals surface area contributed by atoms with Crippen LogP contribution in [0.15, 0.2) is 36.5 Å². The van der Waals surface area contributed by atoms with Crippen molar-refractivity contribution in [3.05, 3.63) is 36.5 Å². The molecule has 0 bridgehead atoms. The van der Waals surface area contributed by atoms with Crippen molar-refractivity contribution in [2.24, 2.45) is 0 Å². The zero-order chi connectivity index (χ0) is 8.49. The quantitative estimate of drug-likeness (QED) is 0.428. The molecule has 0 fully saturated rings. The van der Waals surface area contributed by atoms with Crippen LogP contribution in [-0.2, 0) is 16.5 Å². The number of allylic oxidation sites excluding steroid dienone is 6. The van der Waals surface area contributed by atoms with Crippen molar-refractivity contribution in [3.8, 4) is 0 Å². The first-order chi connectivity index (χ1) is 6.00. The zero-order valence-corrected chi connectivity index (χ0v) is 9.01. The maximum Gasteiger partial charge on any atom is 0 e. The molecule has 0 saturated carbocycles. The molecule has 0 N–H and O–H groups in total. The van der Waals surface area contributed by atoms with Crippen molar-refractivity contribution in [1.82, 2.24) is 0 Å². The predicted octanol–water partition coefficient (Wildman–Crippen LogP) is 4.01. The van der Waals surface area contributed by atoms with E-state index in [1.165, 1.54) is 38.5 Å². The Bertz CT molecular complexity index is 126. The van der Waals surface area contributed by atoms with Crippen LogP contribution in [0, 0.1) is 0 Å². The van der Waals surface area contributed by atoms with Gasteiger partial charge in [-0.25, -0.2) is 0 Å². The molecule has 0 aromatic heterocycles. The fraction of sp³-hybridized carbons (Fsp3) is 0.500. The second-order valence-electron chi connectivity index (χ2n) is 3.15. The molecule has 1 rings (SSSR count). The van der Waals surface area contributed by atoms with Gasteiger partial charge in [-0.2, -0.15) is 0 Å². The monoisotopic (exact) mass is 220 g/mol. The van der Waals surface area contributed by atoms with Crippen LogP contribution in [-0.4, -0.2) is 0 Å². The molecule has 0 unspecified atom stereocenters. The third-order valence-corrected chi connectivity index (χ3v) is 2.00. The van der Waals surface area contributed by atoms with Gasteiger partial charge < -0.3 is 0 Å². The summed E-state index contributed by atoms with van der Waals surface area (Å²) in [4.78, 5) is 0. The Kier molecular flexibility index (Phi) is 9.58. The molecule has 0 heterocycles. The Morgan fingerprint density at radius 1 is 0.385 bits per heavy atom. The van der Waals surface area contributed by atoms with Crippen LogP contribution < -0.4 is 0 Å². The Labute approximate surface area is 91.7 Å². The van der Waals surface area contributed by atoms with Crippen LogP contribution in [0.5, 0.6) is 0 Å². The van der Waals surface area contributed by atoms with Crippen molar-refractivity contribution < 1.29 is 16.5 Å². The molecule has 0 saturated heterocycles. The Morgan fingerprint density at radius 2 is 0.538 bits per heavy atom. The van der Waals surface area contributed by atoms with Gasteiger partial charge in [-0.15, -0.1) is 0 Å². The largest absolute Gasteiger partial charge is 0.0882 e. The third-order valence-electron chi connectivity index (χ3n) is 2.00. The van der Waals surface area contributed by atoms with Gasteiger partial charge in [0.25, 0.3) is 0 Å². The molecule has 1 aliphatic rings. The smallest absolute Gasteiger partial charge is 0 e. The molecule has 0 aromatic rings. The van der Waals surface area contributed by atoms with Gasteiger partial charge in [-0.1, -0.05) is 36.5 Å². The summed E-state index contributed by atoms with van der Waals surface area (Å²) in [5.41, 5.74) is 0. The van der Waals surface area contributed by atoms with Crippen LogP contribution in [0.25, 0.3) is 0 Å². The van der Waals surface area contributed by atoms with Crippen molar-refractivity contribution in [3.63, 3.8) is 0 Å². The zero-order valence-electron chi connectivity index (χ0n) is 8.02. The normalized spacial score (nSPS) is 20.9. The van der Waals surface area contributed by atoms with Gasteiger partial charge in [0, 0.05) is 16.5 Å². The van der Waals surface area contributed by atoms with E-state index in [9.17, 15) is 0 Å². The predicted molar refractivity (Wildman–Crippen MR) is 55.1 cm³/mol. The summed E-state index contributed by atoms with van der Waals surface area (Å²) in [6.45, 7) is 0. The summed E-state index contributed by atoms with van der Waals surface area (Å²) in [7, 11) is 0. The van der Waals surface area contributed by atoms with Crippen LogP contribution >= 0.6 is 0 Å². The molecule has 0 nitrogen and oxygen atoms in total. The molecule has 0 atom stereocenters. The molecule has 1 heteroatoms. The molecule has 0 amide bonds. The first-order valence-electron chi connectivity index (χ1n) is 4.95. The number of rotatable bonds is 0. The van der Waals surface area contributed by atoms with E-state index in [4.69, 9.17) is 0 Å². The molecule has 0 radical (unpaired) electrons. The third kappa shape index (κ3) is 8.05. The molecule has 0 aromatic carbocycles. The number of hydrogen-bond donors (Lipinski definition) is 0. The van der Waals surface area contributed by atoms with Crippen molar-refractivity contribution in [1.29, 1.82) is 0 Å². The standard InChI is InChI=1S/C12H18.Ni/c1-2-4-6-8-10-12-11-9-7-5-3-1;/h1-2,7-10H,3-6,11-12H2;/b2-1+,9-7?,10-8?;. The van der Waals surface area contributed by atoms with Gasteiger partial charge in [0.2, 0.25) is 0 Å². The molecule has 0 spiro atoms. The summed E-state index contributed by atoms with van der Waals surface area (Å²) >= 11 is 0. The van der Waals surface area contributed by atoms with E-state index in [0.717, 1.165) is 0 Å². The maximum absolute atomic E-state index is 2.29. The topological polar surface area (TPSA) is 0 Å². The van der Waals surface area contributed by atoms with E-state index in [-0.39, 0.29) is 16.5 Å². The van der Waals surface area contributed by atoms with Gasteiger partial charge in [0.15, 0.2) is 0 Å². The Balaban J connectivity index is 0.00000144. The first-order valence-corrected chi connectivity index (χ1v) is 4.95. The van der Waals surface area contributed by atoms with E-state index >= 15 is 0 Å². The van der Waals surface area contributed by atoms with Gasteiger partial charge in [0.05, 0.1) is 0 Å². The molecular formula is C12H18Ni. The molecule has 13 heavy (non-hydrogen) atoms. The minimum Gasteiger partial charge on any atom is -0.0882 e. The van der Waals surface area contributed by atoms with Crippen LogP contribution in [0.1, 0.15) is 38.5 Å². The van der Waals surface area contributed by atoms with Crippen molar-refractivity contribution in [2.75, 3.05) is 0 Å². The summed E-state index contributed by atoms with van der Waals surface area (Å²) in [5.74, 6) is 0. The fourth-order valence-corrected chi connectivity index (χ4v) is 1.28. The second kappa shape index (κ2) is 9.80. The summed E-state index contributed by atoms with van der Waals surface area (Å²) in [6.07, 6.45) is 21.0. The minimum atomic E-state index is 0. The SMILES string of the molecule is C1=CCC/C=C/CCC=CCC1.[Ni]. The van der Waals surface area contributed by atoms with Crippen LogP contribution in [0.3, 0.4) is 0 Å². The average Bonchev–Trinajstić information content (AvgIpc) is 2.05.